The third-order valence-electron chi connectivity index (χ3n) is 5.40. The molecule has 0 amide bonds. The van der Waals surface area contributed by atoms with Crippen molar-refractivity contribution in [2.45, 2.75) is 32.8 Å². The molecule has 34 heavy (non-hydrogen) atoms. The van der Waals surface area contributed by atoms with Crippen molar-refractivity contribution in [2.75, 3.05) is 7.11 Å². The number of cyclic esters (lactones) is 1. The molecule has 0 fully saturated rings. The van der Waals surface area contributed by atoms with E-state index in [1.807, 2.05) is 54.6 Å². The smallest absolute Gasteiger partial charge is 0.363 e. The van der Waals surface area contributed by atoms with Crippen LogP contribution < -0.4 is 9.47 Å². The molecular formula is C28H26ClNO4. The first kappa shape index (κ1) is 23.6. The SMILES string of the molecule is COc1cc(/C=C2/N=C(c3ccc(C(C)(C)C)cc3)OC2=O)cc(Cl)c1OCc1ccccc1. The lowest BCUT2D eigenvalue weighted by Gasteiger charge is -2.18. The van der Waals surface area contributed by atoms with Crippen LogP contribution in [-0.4, -0.2) is 19.0 Å². The molecule has 1 heterocycles. The van der Waals surface area contributed by atoms with Crippen LogP contribution in [0.15, 0.2) is 77.4 Å². The van der Waals surface area contributed by atoms with Crippen molar-refractivity contribution >= 4 is 29.5 Å². The molecule has 0 aliphatic carbocycles. The summed E-state index contributed by atoms with van der Waals surface area (Å²) in [6, 6.07) is 21.1. The lowest BCUT2D eigenvalue weighted by atomic mass is 9.87. The monoisotopic (exact) mass is 475 g/mol. The van der Waals surface area contributed by atoms with Gasteiger partial charge >= 0.3 is 5.97 Å². The molecule has 1 aliphatic heterocycles. The summed E-state index contributed by atoms with van der Waals surface area (Å²) in [7, 11) is 1.54. The Bertz CT molecular complexity index is 1260. The van der Waals surface area contributed by atoms with Gasteiger partial charge in [0.05, 0.1) is 12.1 Å². The predicted molar refractivity (Wildman–Crippen MR) is 135 cm³/mol. The largest absolute Gasteiger partial charge is 0.493 e. The molecule has 174 valence electrons. The Morgan fingerprint density at radius 1 is 1.03 bits per heavy atom. The van der Waals surface area contributed by atoms with E-state index in [1.54, 1.807) is 25.3 Å². The second-order valence-electron chi connectivity index (χ2n) is 8.97. The van der Waals surface area contributed by atoms with Crippen molar-refractivity contribution in [2.24, 2.45) is 4.99 Å². The lowest BCUT2D eigenvalue weighted by Crippen LogP contribution is -2.11. The summed E-state index contributed by atoms with van der Waals surface area (Å²) in [5, 5.41) is 0.371. The van der Waals surface area contributed by atoms with E-state index in [-0.39, 0.29) is 17.0 Å². The third-order valence-corrected chi connectivity index (χ3v) is 5.68. The zero-order valence-electron chi connectivity index (χ0n) is 19.6. The van der Waals surface area contributed by atoms with Crippen molar-refractivity contribution < 1.29 is 19.0 Å². The van der Waals surface area contributed by atoms with E-state index in [9.17, 15) is 4.79 Å². The van der Waals surface area contributed by atoms with Crippen molar-refractivity contribution in [1.82, 2.24) is 0 Å². The molecule has 3 aromatic carbocycles. The Kier molecular flexibility index (Phi) is 6.75. The van der Waals surface area contributed by atoms with E-state index in [1.165, 1.54) is 5.56 Å². The van der Waals surface area contributed by atoms with E-state index in [4.69, 9.17) is 25.8 Å². The van der Waals surface area contributed by atoms with Crippen LogP contribution in [-0.2, 0) is 21.6 Å². The molecule has 0 N–H and O–H groups in total. The fourth-order valence-electron chi connectivity index (χ4n) is 3.50. The molecule has 3 aromatic rings. The highest BCUT2D eigenvalue weighted by Crippen LogP contribution is 2.38. The van der Waals surface area contributed by atoms with Gasteiger partial charge in [-0.05, 0) is 52.4 Å². The van der Waals surface area contributed by atoms with Gasteiger partial charge in [-0.3, -0.25) is 0 Å². The summed E-state index contributed by atoms with van der Waals surface area (Å²) in [6.45, 7) is 6.79. The highest BCUT2D eigenvalue weighted by molar-refractivity contribution is 6.32. The van der Waals surface area contributed by atoms with Crippen molar-refractivity contribution in [3.8, 4) is 11.5 Å². The number of carbonyl (C=O) groups excluding carboxylic acids is 1. The lowest BCUT2D eigenvalue weighted by molar-refractivity contribution is -0.129. The molecule has 0 atom stereocenters. The molecule has 4 rings (SSSR count). The van der Waals surface area contributed by atoms with Gasteiger partial charge in [0, 0.05) is 5.56 Å². The molecular weight excluding hydrogens is 450 g/mol. The van der Waals surface area contributed by atoms with E-state index in [0.717, 1.165) is 11.1 Å². The topological polar surface area (TPSA) is 57.1 Å². The van der Waals surface area contributed by atoms with Crippen LogP contribution >= 0.6 is 11.6 Å². The minimum Gasteiger partial charge on any atom is -0.493 e. The van der Waals surface area contributed by atoms with Gasteiger partial charge in [-0.15, -0.1) is 0 Å². The average Bonchev–Trinajstić information content (AvgIpc) is 3.18. The molecule has 0 radical (unpaired) electrons. The number of carbonyl (C=O) groups is 1. The standard InChI is InChI=1S/C28H26ClNO4/c1-28(2,3)21-12-10-20(11-13-21)26-30-23(27(31)34-26)15-19-14-22(29)25(24(16-19)32-4)33-17-18-8-6-5-7-9-18/h5-16H,17H2,1-4H3/b23-15+. The van der Waals surface area contributed by atoms with Crippen LogP contribution in [0.5, 0.6) is 11.5 Å². The van der Waals surface area contributed by atoms with E-state index in [2.05, 4.69) is 25.8 Å². The van der Waals surface area contributed by atoms with E-state index < -0.39 is 5.97 Å². The van der Waals surface area contributed by atoms with Crippen LogP contribution in [0.4, 0.5) is 0 Å². The number of hydrogen-bond acceptors (Lipinski definition) is 5. The van der Waals surface area contributed by atoms with Crippen LogP contribution in [0.1, 0.15) is 43.0 Å². The van der Waals surface area contributed by atoms with Gasteiger partial charge < -0.3 is 14.2 Å². The highest BCUT2D eigenvalue weighted by Gasteiger charge is 2.25. The van der Waals surface area contributed by atoms with Gasteiger partial charge in [-0.25, -0.2) is 9.79 Å². The Labute approximate surface area is 204 Å². The fraction of sp³-hybridized carbons (Fsp3) is 0.214. The number of esters is 1. The maximum atomic E-state index is 12.5. The van der Waals surface area contributed by atoms with Crippen LogP contribution in [0, 0.1) is 0 Å². The summed E-state index contributed by atoms with van der Waals surface area (Å²) < 4.78 is 16.8. The quantitative estimate of drug-likeness (QED) is 0.299. The number of hydrogen-bond donors (Lipinski definition) is 0. The minimum absolute atomic E-state index is 0.0348. The Morgan fingerprint density at radius 2 is 1.74 bits per heavy atom. The fourth-order valence-corrected chi connectivity index (χ4v) is 3.77. The Balaban J connectivity index is 1.57. The number of ether oxygens (including phenoxy) is 3. The zero-order chi connectivity index (χ0) is 24.3. The van der Waals surface area contributed by atoms with Crippen molar-refractivity contribution in [3.05, 3.63) is 99.7 Å². The minimum atomic E-state index is -0.519. The van der Waals surface area contributed by atoms with Gasteiger partial charge in [0.25, 0.3) is 0 Å². The van der Waals surface area contributed by atoms with Gasteiger partial charge in [0.1, 0.15) is 6.61 Å². The van der Waals surface area contributed by atoms with Crippen molar-refractivity contribution in [1.29, 1.82) is 0 Å². The number of aliphatic imine (C=N–C) groups is 1. The van der Waals surface area contributed by atoms with E-state index >= 15 is 0 Å². The first-order chi connectivity index (χ1) is 16.2. The summed E-state index contributed by atoms with van der Waals surface area (Å²) in [5.74, 6) is 0.655. The van der Waals surface area contributed by atoms with Crippen LogP contribution in [0.3, 0.4) is 0 Å². The maximum Gasteiger partial charge on any atom is 0.363 e. The second kappa shape index (κ2) is 9.74. The molecule has 1 aliphatic rings. The van der Waals surface area contributed by atoms with Gasteiger partial charge in [0.2, 0.25) is 5.90 Å². The van der Waals surface area contributed by atoms with Gasteiger partial charge in [-0.1, -0.05) is 74.8 Å². The van der Waals surface area contributed by atoms with E-state index in [0.29, 0.717) is 28.7 Å². The van der Waals surface area contributed by atoms with Crippen molar-refractivity contribution in [3.63, 3.8) is 0 Å². The third kappa shape index (κ3) is 5.32. The summed E-state index contributed by atoms with van der Waals surface area (Å²) in [5.41, 5.74) is 3.81. The molecule has 6 heteroatoms. The average molecular weight is 476 g/mol. The Hall–Kier alpha value is -3.57. The second-order valence-corrected chi connectivity index (χ2v) is 9.38. The normalized spacial score (nSPS) is 14.7. The van der Waals surface area contributed by atoms with Gasteiger partial charge in [0.15, 0.2) is 17.2 Å². The number of rotatable bonds is 6. The summed E-state index contributed by atoms with van der Waals surface area (Å²) >= 11 is 6.49. The summed E-state index contributed by atoms with van der Waals surface area (Å²) in [4.78, 5) is 16.9. The molecule has 0 unspecified atom stereocenters. The number of methoxy groups -OCH3 is 1. The molecule has 0 bridgehead atoms. The van der Waals surface area contributed by atoms with Crippen LogP contribution in [0.2, 0.25) is 5.02 Å². The molecule has 0 spiro atoms. The maximum absolute atomic E-state index is 12.5. The number of nitrogens with zero attached hydrogens (tertiary/aromatic N) is 1. The number of benzene rings is 3. The number of halogens is 1. The van der Waals surface area contributed by atoms with Gasteiger partial charge in [-0.2, -0.15) is 0 Å². The first-order valence-electron chi connectivity index (χ1n) is 10.9. The zero-order valence-corrected chi connectivity index (χ0v) is 20.3. The molecule has 0 aromatic heterocycles. The predicted octanol–water partition coefficient (Wildman–Crippen LogP) is 6.57. The first-order valence-corrected chi connectivity index (χ1v) is 11.3. The highest BCUT2D eigenvalue weighted by atomic mass is 35.5. The molecule has 5 nitrogen and oxygen atoms in total. The summed E-state index contributed by atoms with van der Waals surface area (Å²) in [6.07, 6.45) is 1.62. The Morgan fingerprint density at radius 3 is 2.38 bits per heavy atom. The molecule has 0 saturated heterocycles. The molecule has 0 saturated carbocycles. The van der Waals surface area contributed by atoms with Crippen LogP contribution in [0.25, 0.3) is 6.08 Å².